The lowest BCUT2D eigenvalue weighted by molar-refractivity contribution is -0.117. The first-order chi connectivity index (χ1) is 6.70. The SMILES string of the molecule is Cc1cc(N2CC(CO)CC2=O)on1. The second-order valence-electron chi connectivity index (χ2n) is 3.56. The van der Waals surface area contributed by atoms with Crippen LogP contribution in [-0.4, -0.2) is 29.3 Å². The standard InChI is InChI=1S/C9H12N2O3/c1-6-2-9(14-10-6)11-4-7(5-12)3-8(11)13/h2,7,12H,3-5H2,1H3. The van der Waals surface area contributed by atoms with Crippen molar-refractivity contribution in [3.05, 3.63) is 11.8 Å². The number of anilines is 1. The number of amides is 1. The fourth-order valence-electron chi connectivity index (χ4n) is 1.59. The topological polar surface area (TPSA) is 66.6 Å². The molecule has 0 aliphatic carbocycles. The Bertz CT molecular complexity index is 348. The van der Waals surface area contributed by atoms with Gasteiger partial charge in [0, 0.05) is 31.6 Å². The number of nitrogens with zero attached hydrogens (tertiary/aromatic N) is 2. The number of hydrogen-bond acceptors (Lipinski definition) is 4. The van der Waals surface area contributed by atoms with E-state index in [1.807, 2.05) is 0 Å². The second kappa shape index (κ2) is 3.42. The van der Waals surface area contributed by atoms with Gasteiger partial charge >= 0.3 is 0 Å². The van der Waals surface area contributed by atoms with E-state index in [0.29, 0.717) is 18.8 Å². The maximum absolute atomic E-state index is 11.5. The van der Waals surface area contributed by atoms with E-state index in [4.69, 9.17) is 9.63 Å². The minimum absolute atomic E-state index is 0.0137. The Kier molecular flexibility index (Phi) is 2.25. The smallest absolute Gasteiger partial charge is 0.234 e. The molecule has 1 aromatic rings. The van der Waals surface area contributed by atoms with Gasteiger partial charge in [0.15, 0.2) is 0 Å². The van der Waals surface area contributed by atoms with Crippen molar-refractivity contribution in [2.45, 2.75) is 13.3 Å². The molecule has 1 amide bonds. The molecule has 1 aliphatic rings. The maximum atomic E-state index is 11.5. The predicted octanol–water partition coefficient (Wildman–Crippen LogP) is 0.328. The third-order valence-corrected chi connectivity index (χ3v) is 2.34. The molecule has 5 heteroatoms. The van der Waals surface area contributed by atoms with Crippen LogP contribution in [0.1, 0.15) is 12.1 Å². The highest BCUT2D eigenvalue weighted by Gasteiger charge is 2.32. The minimum atomic E-state index is -0.0137. The number of carbonyl (C=O) groups is 1. The summed E-state index contributed by atoms with van der Waals surface area (Å²) >= 11 is 0. The van der Waals surface area contributed by atoms with E-state index < -0.39 is 0 Å². The quantitative estimate of drug-likeness (QED) is 0.740. The number of rotatable bonds is 2. The van der Waals surface area contributed by atoms with E-state index in [-0.39, 0.29) is 18.4 Å². The molecule has 0 saturated carbocycles. The molecule has 1 aliphatic heterocycles. The van der Waals surface area contributed by atoms with Crippen LogP contribution in [0.2, 0.25) is 0 Å². The van der Waals surface area contributed by atoms with Gasteiger partial charge in [0.25, 0.3) is 0 Å². The van der Waals surface area contributed by atoms with Gasteiger partial charge in [-0.25, -0.2) is 0 Å². The zero-order chi connectivity index (χ0) is 10.1. The van der Waals surface area contributed by atoms with Crippen LogP contribution in [0.15, 0.2) is 10.6 Å². The Morgan fingerprint density at radius 3 is 3.07 bits per heavy atom. The van der Waals surface area contributed by atoms with E-state index in [1.54, 1.807) is 13.0 Å². The van der Waals surface area contributed by atoms with Crippen molar-refractivity contribution in [2.24, 2.45) is 5.92 Å². The number of hydrogen-bond donors (Lipinski definition) is 1. The number of aliphatic hydroxyl groups excluding tert-OH is 1. The number of aliphatic hydroxyl groups is 1. The highest BCUT2D eigenvalue weighted by Crippen LogP contribution is 2.24. The van der Waals surface area contributed by atoms with Crippen molar-refractivity contribution in [3.63, 3.8) is 0 Å². The van der Waals surface area contributed by atoms with Crippen LogP contribution in [0.25, 0.3) is 0 Å². The number of carbonyl (C=O) groups excluding carboxylic acids is 1. The summed E-state index contributed by atoms with van der Waals surface area (Å²) in [4.78, 5) is 13.0. The first-order valence-electron chi connectivity index (χ1n) is 4.55. The van der Waals surface area contributed by atoms with Gasteiger partial charge in [-0.2, -0.15) is 0 Å². The number of aryl methyl sites for hydroxylation is 1. The molecule has 76 valence electrons. The van der Waals surface area contributed by atoms with E-state index in [9.17, 15) is 4.79 Å². The third-order valence-electron chi connectivity index (χ3n) is 2.34. The molecule has 14 heavy (non-hydrogen) atoms. The van der Waals surface area contributed by atoms with Crippen molar-refractivity contribution in [2.75, 3.05) is 18.1 Å². The summed E-state index contributed by atoms with van der Waals surface area (Å²) in [6.07, 6.45) is 0.385. The van der Waals surface area contributed by atoms with Gasteiger partial charge in [-0.3, -0.25) is 9.69 Å². The van der Waals surface area contributed by atoms with Gasteiger partial charge in [0.05, 0.1) is 5.69 Å². The van der Waals surface area contributed by atoms with E-state index >= 15 is 0 Å². The second-order valence-corrected chi connectivity index (χ2v) is 3.56. The Balaban J connectivity index is 2.16. The highest BCUT2D eigenvalue weighted by atomic mass is 16.5. The molecule has 1 unspecified atom stereocenters. The molecule has 0 aromatic carbocycles. The lowest BCUT2D eigenvalue weighted by atomic mass is 10.1. The van der Waals surface area contributed by atoms with Crippen LogP contribution in [0.4, 0.5) is 5.88 Å². The molecule has 2 heterocycles. The summed E-state index contributed by atoms with van der Waals surface area (Å²) in [7, 11) is 0. The van der Waals surface area contributed by atoms with Gasteiger partial charge in [0.2, 0.25) is 11.8 Å². The summed E-state index contributed by atoms with van der Waals surface area (Å²) in [5.41, 5.74) is 0.750. The Hall–Kier alpha value is -1.36. The fourth-order valence-corrected chi connectivity index (χ4v) is 1.59. The molecular weight excluding hydrogens is 184 g/mol. The summed E-state index contributed by atoms with van der Waals surface area (Å²) in [6, 6.07) is 1.72. The summed E-state index contributed by atoms with van der Waals surface area (Å²) < 4.78 is 4.98. The third kappa shape index (κ3) is 1.50. The van der Waals surface area contributed by atoms with Crippen molar-refractivity contribution >= 4 is 11.8 Å². The highest BCUT2D eigenvalue weighted by molar-refractivity contribution is 5.94. The molecule has 1 atom stereocenters. The minimum Gasteiger partial charge on any atom is -0.396 e. The molecule has 1 fully saturated rings. The summed E-state index contributed by atoms with van der Waals surface area (Å²) in [6.45, 7) is 2.36. The Labute approximate surface area is 81.3 Å². The molecular formula is C9H12N2O3. The fraction of sp³-hybridized carbons (Fsp3) is 0.556. The first kappa shape index (κ1) is 9.21. The normalized spacial score (nSPS) is 22.0. The molecule has 0 spiro atoms. The molecule has 0 bridgehead atoms. The van der Waals surface area contributed by atoms with Crippen molar-refractivity contribution in [1.82, 2.24) is 5.16 Å². The number of aromatic nitrogens is 1. The van der Waals surface area contributed by atoms with Gasteiger partial charge in [0.1, 0.15) is 0 Å². The van der Waals surface area contributed by atoms with Crippen molar-refractivity contribution < 1.29 is 14.4 Å². The Morgan fingerprint density at radius 1 is 1.79 bits per heavy atom. The summed E-state index contributed by atoms with van der Waals surface area (Å²) in [5, 5.41) is 12.6. The monoisotopic (exact) mass is 196 g/mol. The van der Waals surface area contributed by atoms with Crippen LogP contribution in [0.5, 0.6) is 0 Å². The zero-order valence-electron chi connectivity index (χ0n) is 7.93. The summed E-state index contributed by atoms with van der Waals surface area (Å²) in [5.74, 6) is 0.483. The zero-order valence-corrected chi connectivity index (χ0v) is 7.93. The van der Waals surface area contributed by atoms with Crippen LogP contribution >= 0.6 is 0 Å². The lowest BCUT2D eigenvalue weighted by Gasteiger charge is -2.10. The molecule has 2 rings (SSSR count). The van der Waals surface area contributed by atoms with E-state index in [2.05, 4.69) is 5.16 Å². The average molecular weight is 196 g/mol. The molecule has 1 aromatic heterocycles. The van der Waals surface area contributed by atoms with Crippen LogP contribution in [-0.2, 0) is 4.79 Å². The van der Waals surface area contributed by atoms with Crippen molar-refractivity contribution in [3.8, 4) is 0 Å². The van der Waals surface area contributed by atoms with Crippen LogP contribution in [0.3, 0.4) is 0 Å². The lowest BCUT2D eigenvalue weighted by Crippen LogP contribution is -2.24. The van der Waals surface area contributed by atoms with Gasteiger partial charge < -0.3 is 9.63 Å². The van der Waals surface area contributed by atoms with Gasteiger partial charge in [-0.1, -0.05) is 5.16 Å². The molecule has 1 saturated heterocycles. The van der Waals surface area contributed by atoms with E-state index in [1.165, 1.54) is 4.90 Å². The van der Waals surface area contributed by atoms with E-state index in [0.717, 1.165) is 5.69 Å². The first-order valence-corrected chi connectivity index (χ1v) is 4.55. The predicted molar refractivity (Wildman–Crippen MR) is 48.8 cm³/mol. The van der Waals surface area contributed by atoms with Gasteiger partial charge in [-0.05, 0) is 6.92 Å². The average Bonchev–Trinajstić information content (AvgIpc) is 2.71. The Morgan fingerprint density at radius 2 is 2.57 bits per heavy atom. The van der Waals surface area contributed by atoms with Crippen molar-refractivity contribution in [1.29, 1.82) is 0 Å². The molecule has 5 nitrogen and oxygen atoms in total. The largest absolute Gasteiger partial charge is 0.396 e. The van der Waals surface area contributed by atoms with Crippen LogP contribution < -0.4 is 4.90 Å². The molecule has 0 radical (unpaired) electrons. The van der Waals surface area contributed by atoms with Crippen LogP contribution in [0, 0.1) is 12.8 Å². The maximum Gasteiger partial charge on any atom is 0.234 e. The van der Waals surface area contributed by atoms with Gasteiger partial charge in [-0.15, -0.1) is 0 Å². The molecule has 1 N–H and O–H groups in total.